The molecule has 2 aromatic heterocycles. The summed E-state index contributed by atoms with van der Waals surface area (Å²) in [4.78, 5) is 17.8. The second-order valence-electron chi connectivity index (χ2n) is 9.60. The Morgan fingerprint density at radius 3 is 2.61 bits per heavy atom. The molecular weight excluding hydrogens is 452 g/mol. The van der Waals surface area contributed by atoms with Crippen molar-refractivity contribution < 1.29 is 9.53 Å². The average Bonchev–Trinajstić information content (AvgIpc) is 3.28. The van der Waals surface area contributed by atoms with Crippen LogP contribution in [0.3, 0.4) is 0 Å². The molecule has 36 heavy (non-hydrogen) atoms. The van der Waals surface area contributed by atoms with Crippen molar-refractivity contribution in [1.82, 2.24) is 19.5 Å². The fraction of sp³-hybridized carbons (Fsp3) is 0.321. The van der Waals surface area contributed by atoms with Gasteiger partial charge in [0, 0.05) is 11.3 Å². The number of ether oxygens (including phenoxy) is 1. The van der Waals surface area contributed by atoms with Crippen LogP contribution < -0.4 is 15.8 Å². The van der Waals surface area contributed by atoms with Crippen LogP contribution in [-0.4, -0.2) is 51.1 Å². The van der Waals surface area contributed by atoms with Crippen LogP contribution in [0, 0.1) is 0 Å². The molecule has 3 N–H and O–H groups in total. The van der Waals surface area contributed by atoms with Gasteiger partial charge in [-0.3, -0.25) is 9.69 Å². The maximum absolute atomic E-state index is 11.2. The van der Waals surface area contributed by atoms with E-state index in [0.29, 0.717) is 18.4 Å². The highest BCUT2D eigenvalue weighted by molar-refractivity contribution is 5.76. The summed E-state index contributed by atoms with van der Waals surface area (Å²) >= 11 is 0. The second-order valence-corrected chi connectivity index (χ2v) is 9.60. The van der Waals surface area contributed by atoms with Gasteiger partial charge in [0.25, 0.3) is 0 Å². The molecule has 1 fully saturated rings. The predicted molar refractivity (Wildman–Crippen MR) is 142 cm³/mol. The first-order valence-electron chi connectivity index (χ1n) is 12.4. The number of anilines is 2. The van der Waals surface area contributed by atoms with Crippen LogP contribution in [0.1, 0.15) is 38.2 Å². The Balaban J connectivity index is 1.29. The molecule has 8 nitrogen and oxygen atoms in total. The third-order valence-electron chi connectivity index (χ3n) is 6.51. The normalized spacial score (nSPS) is 14.9. The topological polar surface area (TPSA) is 97.8 Å². The van der Waals surface area contributed by atoms with Crippen LogP contribution in [0.25, 0.3) is 16.8 Å². The molecule has 3 heterocycles. The van der Waals surface area contributed by atoms with Crippen molar-refractivity contribution in [2.75, 3.05) is 25.0 Å². The first-order valence-corrected chi connectivity index (χ1v) is 12.4. The molecule has 1 aliphatic heterocycles. The summed E-state index contributed by atoms with van der Waals surface area (Å²) in [6, 6.07) is 20.6. The summed E-state index contributed by atoms with van der Waals surface area (Å²) in [6.45, 7) is 6.18. The predicted octanol–water partition coefficient (Wildman–Crippen LogP) is 4.59. The Kier molecular flexibility index (Phi) is 6.86. The number of nitrogens with one attached hydrogen (secondary N) is 1. The van der Waals surface area contributed by atoms with E-state index in [1.54, 1.807) is 0 Å². The molecule has 0 unspecified atom stereocenters. The van der Waals surface area contributed by atoms with E-state index in [4.69, 9.17) is 15.6 Å². The number of nitrogens with zero attached hydrogens (tertiary/aromatic N) is 4. The van der Waals surface area contributed by atoms with Gasteiger partial charge in [0.05, 0.1) is 30.1 Å². The molecule has 186 valence electrons. The zero-order valence-electron chi connectivity index (χ0n) is 20.7. The Morgan fingerprint density at radius 1 is 1.11 bits per heavy atom. The van der Waals surface area contributed by atoms with Crippen molar-refractivity contribution in [3.05, 3.63) is 72.4 Å². The van der Waals surface area contributed by atoms with E-state index >= 15 is 0 Å². The number of benzene rings is 2. The molecule has 0 spiro atoms. The van der Waals surface area contributed by atoms with Crippen LogP contribution in [0.15, 0.2) is 66.9 Å². The first-order chi connectivity index (χ1) is 17.4. The van der Waals surface area contributed by atoms with E-state index in [2.05, 4.69) is 45.5 Å². The number of hydrogen-bond donors (Lipinski definition) is 2. The lowest BCUT2D eigenvalue weighted by atomic mass is 9.89. The maximum Gasteiger partial charge on any atom is 0.245 e. The second kappa shape index (κ2) is 10.4. The molecule has 1 amide bonds. The number of likely N-dealkylation sites (tertiary alicyclic amines) is 1. The number of primary amides is 1. The standard InChI is InChI=1S/C28H32N6O2/c1-19(2)36-25-5-3-4-22(16-25)26-11-10-24-17-30-28(32-34(24)26)31-23-8-6-20(7-9-23)21-12-14-33(15-13-21)18-27(29)35/h3-11,16-17,19,21H,12-15,18H2,1-2H3,(H2,29,35)(H,31,32). The van der Waals surface area contributed by atoms with Gasteiger partial charge in [-0.2, -0.15) is 0 Å². The molecular formula is C28H32N6O2. The fourth-order valence-corrected chi connectivity index (χ4v) is 4.79. The molecule has 0 radical (unpaired) electrons. The lowest BCUT2D eigenvalue weighted by molar-refractivity contribution is -0.119. The summed E-state index contributed by atoms with van der Waals surface area (Å²) in [5.41, 5.74) is 10.5. The molecule has 1 saturated heterocycles. The van der Waals surface area contributed by atoms with E-state index in [9.17, 15) is 4.79 Å². The van der Waals surface area contributed by atoms with Gasteiger partial charge >= 0.3 is 0 Å². The third kappa shape index (κ3) is 5.49. The molecule has 8 heteroatoms. The molecule has 4 aromatic rings. The molecule has 2 aromatic carbocycles. The van der Waals surface area contributed by atoms with Crippen molar-refractivity contribution in [1.29, 1.82) is 0 Å². The quantitative estimate of drug-likeness (QED) is 0.380. The Bertz CT molecular complexity index is 1340. The van der Waals surface area contributed by atoms with Crippen molar-refractivity contribution >= 4 is 23.1 Å². The van der Waals surface area contributed by atoms with Crippen LogP contribution in [0.5, 0.6) is 5.75 Å². The van der Waals surface area contributed by atoms with Crippen molar-refractivity contribution in [2.24, 2.45) is 5.73 Å². The summed E-state index contributed by atoms with van der Waals surface area (Å²) < 4.78 is 7.77. The Hall–Kier alpha value is -3.91. The number of amides is 1. The lowest BCUT2D eigenvalue weighted by Crippen LogP contribution is -2.39. The molecule has 0 bridgehead atoms. The fourth-order valence-electron chi connectivity index (χ4n) is 4.79. The highest BCUT2D eigenvalue weighted by Crippen LogP contribution is 2.30. The van der Waals surface area contributed by atoms with Gasteiger partial charge in [-0.25, -0.2) is 9.50 Å². The van der Waals surface area contributed by atoms with Gasteiger partial charge in [-0.1, -0.05) is 24.3 Å². The van der Waals surface area contributed by atoms with Gasteiger partial charge in [0.2, 0.25) is 11.9 Å². The largest absolute Gasteiger partial charge is 0.491 e. The summed E-state index contributed by atoms with van der Waals surface area (Å²) in [5.74, 6) is 1.60. The van der Waals surface area contributed by atoms with Gasteiger partial charge in [0.15, 0.2) is 0 Å². The third-order valence-corrected chi connectivity index (χ3v) is 6.51. The molecule has 0 saturated carbocycles. The number of carbonyl (C=O) groups excluding carboxylic acids is 1. The molecule has 0 atom stereocenters. The zero-order valence-corrected chi connectivity index (χ0v) is 20.7. The van der Waals surface area contributed by atoms with E-state index < -0.39 is 0 Å². The number of fused-ring (bicyclic) bond motifs is 1. The number of aromatic nitrogens is 3. The summed E-state index contributed by atoms with van der Waals surface area (Å²) in [5, 5.41) is 8.09. The number of piperidine rings is 1. The minimum absolute atomic E-state index is 0.114. The summed E-state index contributed by atoms with van der Waals surface area (Å²) in [7, 11) is 0. The van der Waals surface area contributed by atoms with Gasteiger partial charge in [-0.05, 0) is 87.7 Å². The minimum Gasteiger partial charge on any atom is -0.491 e. The van der Waals surface area contributed by atoms with Crippen LogP contribution >= 0.6 is 0 Å². The number of carbonyl (C=O) groups is 1. The van der Waals surface area contributed by atoms with Crippen molar-refractivity contribution in [2.45, 2.75) is 38.7 Å². The minimum atomic E-state index is -0.259. The van der Waals surface area contributed by atoms with E-state index in [1.165, 1.54) is 5.56 Å². The van der Waals surface area contributed by atoms with Gasteiger partial charge in [-0.15, -0.1) is 5.10 Å². The molecule has 1 aliphatic rings. The number of nitrogens with two attached hydrogens (primary N) is 1. The van der Waals surface area contributed by atoms with Crippen molar-refractivity contribution in [3.8, 4) is 17.0 Å². The highest BCUT2D eigenvalue weighted by Gasteiger charge is 2.21. The van der Waals surface area contributed by atoms with E-state index in [-0.39, 0.29) is 12.0 Å². The smallest absolute Gasteiger partial charge is 0.245 e. The van der Waals surface area contributed by atoms with E-state index in [1.807, 2.05) is 54.9 Å². The first kappa shape index (κ1) is 23.8. The van der Waals surface area contributed by atoms with E-state index in [0.717, 1.165) is 54.1 Å². The average molecular weight is 485 g/mol. The van der Waals surface area contributed by atoms with Crippen LogP contribution in [0.4, 0.5) is 11.6 Å². The summed E-state index contributed by atoms with van der Waals surface area (Å²) in [6.07, 6.45) is 3.99. The zero-order chi connectivity index (χ0) is 25.1. The van der Waals surface area contributed by atoms with Gasteiger partial charge in [0.1, 0.15) is 5.75 Å². The SMILES string of the molecule is CC(C)Oc1cccc(-c2ccc3cnc(Nc4ccc(C5CCN(CC(N)=O)CC5)cc4)nn23)c1. The number of hydrogen-bond acceptors (Lipinski definition) is 6. The monoisotopic (exact) mass is 484 g/mol. The van der Waals surface area contributed by atoms with Crippen LogP contribution in [-0.2, 0) is 4.79 Å². The van der Waals surface area contributed by atoms with Crippen molar-refractivity contribution in [3.63, 3.8) is 0 Å². The Labute approximate surface area is 211 Å². The molecule has 5 rings (SSSR count). The van der Waals surface area contributed by atoms with Gasteiger partial charge < -0.3 is 15.8 Å². The lowest BCUT2D eigenvalue weighted by Gasteiger charge is -2.31. The Morgan fingerprint density at radius 2 is 1.89 bits per heavy atom. The van der Waals surface area contributed by atoms with Crippen LogP contribution in [0.2, 0.25) is 0 Å². The maximum atomic E-state index is 11.2. The highest BCUT2D eigenvalue weighted by atomic mass is 16.5. The molecule has 0 aliphatic carbocycles. The number of rotatable bonds is 8.